The van der Waals surface area contributed by atoms with Crippen molar-refractivity contribution in [1.82, 2.24) is 10.6 Å². The highest BCUT2D eigenvalue weighted by Crippen LogP contribution is 2.30. The zero-order valence-electron chi connectivity index (χ0n) is 12.6. The first-order valence-corrected chi connectivity index (χ1v) is 8.09. The highest BCUT2D eigenvalue weighted by molar-refractivity contribution is 9.10. The number of nitrogens with one attached hydrogen (secondary N) is 2. The van der Waals surface area contributed by atoms with Crippen LogP contribution < -0.4 is 10.6 Å². The number of esters is 1. The van der Waals surface area contributed by atoms with Crippen LogP contribution in [0.15, 0.2) is 40.0 Å². The summed E-state index contributed by atoms with van der Waals surface area (Å²) in [6.45, 7) is 4.06. The number of halogens is 1. The Bertz CT molecular complexity index is 596. The summed E-state index contributed by atoms with van der Waals surface area (Å²) in [6.07, 6.45) is 1.44. The Kier molecular flexibility index (Phi) is 5.60. The van der Waals surface area contributed by atoms with Crippen molar-refractivity contribution in [2.24, 2.45) is 0 Å². The van der Waals surface area contributed by atoms with Gasteiger partial charge in [0.25, 0.3) is 0 Å². The van der Waals surface area contributed by atoms with Crippen LogP contribution in [-0.4, -0.2) is 18.6 Å². The van der Waals surface area contributed by atoms with Crippen molar-refractivity contribution in [2.45, 2.75) is 32.7 Å². The van der Waals surface area contributed by atoms with Gasteiger partial charge in [-0.05, 0) is 31.0 Å². The quantitative estimate of drug-likeness (QED) is 0.784. The number of carbonyl (C=O) groups excluding carboxylic acids is 2. The van der Waals surface area contributed by atoms with Crippen molar-refractivity contribution in [2.75, 3.05) is 6.61 Å². The molecule has 0 bridgehead atoms. The second kappa shape index (κ2) is 7.45. The fraction of sp³-hybridized carbons (Fsp3) is 0.375. The molecule has 0 aromatic heterocycles. The molecule has 2 N–H and O–H groups in total. The van der Waals surface area contributed by atoms with Gasteiger partial charge in [-0.15, -0.1) is 0 Å². The second-order valence-electron chi connectivity index (χ2n) is 4.95. The summed E-state index contributed by atoms with van der Waals surface area (Å²) in [5, 5.41) is 5.54. The van der Waals surface area contributed by atoms with Crippen molar-refractivity contribution in [1.29, 1.82) is 0 Å². The molecule has 0 radical (unpaired) electrons. The number of amides is 2. The van der Waals surface area contributed by atoms with E-state index in [4.69, 9.17) is 4.74 Å². The van der Waals surface area contributed by atoms with Crippen LogP contribution in [0.2, 0.25) is 0 Å². The first-order valence-electron chi connectivity index (χ1n) is 7.30. The normalized spacial score (nSPS) is 17.8. The summed E-state index contributed by atoms with van der Waals surface area (Å²) in [7, 11) is 0. The molecule has 1 heterocycles. The number of hydrogen-bond acceptors (Lipinski definition) is 3. The van der Waals surface area contributed by atoms with Crippen molar-refractivity contribution in [3.05, 3.63) is 45.6 Å². The third kappa shape index (κ3) is 3.68. The number of urea groups is 1. The van der Waals surface area contributed by atoms with Crippen LogP contribution in [0.4, 0.5) is 4.79 Å². The van der Waals surface area contributed by atoms with E-state index in [0.29, 0.717) is 24.3 Å². The summed E-state index contributed by atoms with van der Waals surface area (Å²) < 4.78 is 6.11. The van der Waals surface area contributed by atoms with E-state index in [-0.39, 0.29) is 6.03 Å². The first-order chi connectivity index (χ1) is 10.6. The fourth-order valence-electron chi connectivity index (χ4n) is 2.42. The smallest absolute Gasteiger partial charge is 0.338 e. The van der Waals surface area contributed by atoms with Gasteiger partial charge in [-0.25, -0.2) is 9.59 Å². The average Bonchev–Trinajstić information content (AvgIpc) is 2.48. The molecule has 0 spiro atoms. The third-order valence-electron chi connectivity index (χ3n) is 3.35. The lowest BCUT2D eigenvalue weighted by atomic mass is 9.94. The Balaban J connectivity index is 2.47. The van der Waals surface area contributed by atoms with E-state index in [1.54, 1.807) is 6.92 Å². The zero-order valence-corrected chi connectivity index (χ0v) is 14.2. The highest BCUT2D eigenvalue weighted by Gasteiger charge is 2.33. The van der Waals surface area contributed by atoms with Gasteiger partial charge in [-0.2, -0.15) is 0 Å². The van der Waals surface area contributed by atoms with Crippen LogP contribution in [-0.2, 0) is 9.53 Å². The topological polar surface area (TPSA) is 67.4 Å². The molecule has 1 aromatic carbocycles. The van der Waals surface area contributed by atoms with Crippen molar-refractivity contribution < 1.29 is 14.3 Å². The lowest BCUT2D eigenvalue weighted by Gasteiger charge is -2.29. The van der Waals surface area contributed by atoms with Gasteiger partial charge in [0.15, 0.2) is 0 Å². The molecule has 5 nitrogen and oxygen atoms in total. The molecule has 2 amide bonds. The number of hydrogen-bond donors (Lipinski definition) is 2. The predicted molar refractivity (Wildman–Crippen MR) is 87.1 cm³/mol. The monoisotopic (exact) mass is 366 g/mol. The molecule has 22 heavy (non-hydrogen) atoms. The van der Waals surface area contributed by atoms with Gasteiger partial charge in [0, 0.05) is 10.2 Å². The van der Waals surface area contributed by atoms with E-state index in [9.17, 15) is 9.59 Å². The molecule has 0 aliphatic carbocycles. The number of allylic oxidation sites excluding steroid dienone is 1. The maximum absolute atomic E-state index is 12.4. The number of benzene rings is 1. The molecule has 1 atom stereocenters. The average molecular weight is 367 g/mol. The van der Waals surface area contributed by atoms with Crippen molar-refractivity contribution in [3.8, 4) is 0 Å². The van der Waals surface area contributed by atoms with Gasteiger partial charge in [-0.1, -0.05) is 41.4 Å². The minimum absolute atomic E-state index is 0.294. The maximum Gasteiger partial charge on any atom is 0.338 e. The minimum atomic E-state index is -0.498. The molecule has 0 saturated heterocycles. The Morgan fingerprint density at radius 2 is 1.95 bits per heavy atom. The highest BCUT2D eigenvalue weighted by atomic mass is 79.9. The lowest BCUT2D eigenvalue weighted by Crippen LogP contribution is -2.46. The van der Waals surface area contributed by atoms with Crippen LogP contribution in [0.25, 0.3) is 0 Å². The van der Waals surface area contributed by atoms with E-state index in [1.807, 2.05) is 31.2 Å². The number of rotatable bonds is 5. The molecule has 1 unspecified atom stereocenters. The van der Waals surface area contributed by atoms with E-state index in [2.05, 4.69) is 26.6 Å². The molecule has 1 aromatic rings. The van der Waals surface area contributed by atoms with Gasteiger partial charge in [0.05, 0.1) is 18.2 Å². The van der Waals surface area contributed by atoms with Crippen molar-refractivity contribution in [3.63, 3.8) is 0 Å². The van der Waals surface area contributed by atoms with Gasteiger partial charge < -0.3 is 15.4 Å². The Morgan fingerprint density at radius 3 is 2.55 bits per heavy atom. The zero-order chi connectivity index (χ0) is 16.1. The minimum Gasteiger partial charge on any atom is -0.463 e. The molecule has 0 saturated carbocycles. The first kappa shape index (κ1) is 16.5. The molecule has 1 aliphatic rings. The van der Waals surface area contributed by atoms with Gasteiger partial charge in [0.1, 0.15) is 0 Å². The van der Waals surface area contributed by atoms with E-state index < -0.39 is 12.0 Å². The van der Waals surface area contributed by atoms with Crippen LogP contribution in [0.1, 0.15) is 38.3 Å². The largest absolute Gasteiger partial charge is 0.463 e. The third-order valence-corrected chi connectivity index (χ3v) is 3.88. The predicted octanol–water partition coefficient (Wildman–Crippen LogP) is 3.42. The van der Waals surface area contributed by atoms with Crippen LogP contribution >= 0.6 is 15.9 Å². The van der Waals surface area contributed by atoms with E-state index >= 15 is 0 Å². The van der Waals surface area contributed by atoms with E-state index in [1.165, 1.54) is 0 Å². The van der Waals surface area contributed by atoms with Crippen LogP contribution in [0, 0.1) is 0 Å². The van der Waals surface area contributed by atoms with Crippen LogP contribution in [0.5, 0.6) is 0 Å². The standard InChI is InChI=1S/C16H19BrN2O3/c1-3-5-12-13(15(20)22-4-2)14(19-16(21)18-12)10-6-8-11(17)9-7-10/h6-9,14H,3-5H2,1-2H3,(H2,18,19,21). The second-order valence-corrected chi connectivity index (χ2v) is 5.86. The Morgan fingerprint density at radius 1 is 1.27 bits per heavy atom. The molecule has 118 valence electrons. The van der Waals surface area contributed by atoms with Crippen molar-refractivity contribution >= 4 is 27.9 Å². The SMILES string of the molecule is CCCC1=C(C(=O)OCC)C(c2ccc(Br)cc2)NC(=O)N1. The Labute approximate surface area is 138 Å². The molecular formula is C16H19BrN2O3. The molecule has 0 fully saturated rings. The molecule has 2 rings (SSSR count). The summed E-state index contributed by atoms with van der Waals surface area (Å²) in [5.41, 5.74) is 1.96. The van der Waals surface area contributed by atoms with Gasteiger partial charge >= 0.3 is 12.0 Å². The molecule has 6 heteroatoms. The van der Waals surface area contributed by atoms with Gasteiger partial charge in [0.2, 0.25) is 0 Å². The summed E-state index contributed by atoms with van der Waals surface area (Å²) >= 11 is 3.38. The van der Waals surface area contributed by atoms with Crippen LogP contribution in [0.3, 0.4) is 0 Å². The lowest BCUT2D eigenvalue weighted by molar-refractivity contribution is -0.139. The maximum atomic E-state index is 12.4. The summed E-state index contributed by atoms with van der Waals surface area (Å²) in [6, 6.07) is 6.72. The number of ether oxygens (including phenoxy) is 1. The van der Waals surface area contributed by atoms with E-state index in [0.717, 1.165) is 16.5 Å². The summed E-state index contributed by atoms with van der Waals surface area (Å²) in [5.74, 6) is -0.397. The summed E-state index contributed by atoms with van der Waals surface area (Å²) in [4.78, 5) is 24.3. The van der Waals surface area contributed by atoms with Gasteiger partial charge in [-0.3, -0.25) is 0 Å². The number of carbonyl (C=O) groups is 2. The molecular weight excluding hydrogens is 348 g/mol. The fourth-order valence-corrected chi connectivity index (χ4v) is 2.68. The Hall–Kier alpha value is -1.82. The molecule has 1 aliphatic heterocycles.